The van der Waals surface area contributed by atoms with E-state index >= 15 is 0 Å². The van der Waals surface area contributed by atoms with Crippen LogP contribution in [0.2, 0.25) is 10.0 Å². The Hall–Kier alpha value is -3.67. The van der Waals surface area contributed by atoms with Gasteiger partial charge >= 0.3 is 5.97 Å². The van der Waals surface area contributed by atoms with Crippen LogP contribution in [0, 0.1) is 0 Å². The molecule has 0 radical (unpaired) electrons. The Morgan fingerprint density at radius 3 is 1.62 bits per heavy atom. The molecule has 0 saturated heterocycles. The minimum atomic E-state index is -0.677. The largest absolute Gasteiger partial charge is 0.485 e. The highest BCUT2D eigenvalue weighted by atomic mass is 35.5. The van der Waals surface area contributed by atoms with E-state index in [1.807, 2.05) is 81.4 Å². The monoisotopic (exact) mass is 564 g/mol. The Bertz CT molecular complexity index is 1310. The molecule has 0 heterocycles. The van der Waals surface area contributed by atoms with Crippen molar-refractivity contribution in [2.45, 2.75) is 46.2 Å². The molecule has 0 aliphatic heterocycles. The van der Waals surface area contributed by atoms with Gasteiger partial charge in [0.05, 0.1) is 5.56 Å². The average molecular weight is 565 g/mol. The average Bonchev–Trinajstić information content (AvgIpc) is 2.91. The number of halogens is 2. The molecule has 39 heavy (non-hydrogen) atoms. The number of carbonyl (C=O) groups excluding carboxylic acids is 1. The number of carbonyl (C=O) groups is 1. The lowest BCUT2D eigenvalue weighted by Crippen LogP contribution is -2.24. The van der Waals surface area contributed by atoms with E-state index in [-0.39, 0.29) is 25.4 Å². The fraction of sp³-hybridized carbons (Fsp3) is 0.219. The molecule has 0 aliphatic rings. The molecule has 4 aromatic rings. The van der Waals surface area contributed by atoms with Crippen molar-refractivity contribution in [1.29, 1.82) is 0 Å². The summed E-state index contributed by atoms with van der Waals surface area (Å²) in [5, 5.41) is 0.956. The van der Waals surface area contributed by atoms with Crippen molar-refractivity contribution >= 4 is 29.2 Å². The Balaban J connectivity index is 1.74. The van der Waals surface area contributed by atoms with Crippen LogP contribution in [0.5, 0.6) is 17.2 Å². The molecule has 0 N–H and O–H groups in total. The number of hydrogen-bond donors (Lipinski definition) is 0. The molecule has 0 saturated carbocycles. The van der Waals surface area contributed by atoms with E-state index in [0.717, 1.165) is 11.1 Å². The Morgan fingerprint density at radius 2 is 1.15 bits per heavy atom. The van der Waals surface area contributed by atoms with E-state index < -0.39 is 11.6 Å². The van der Waals surface area contributed by atoms with Gasteiger partial charge in [-0.05, 0) is 56.2 Å². The Morgan fingerprint density at radius 1 is 0.667 bits per heavy atom. The molecule has 0 spiro atoms. The van der Waals surface area contributed by atoms with Gasteiger partial charge in [-0.1, -0.05) is 89.9 Å². The first-order valence-electron chi connectivity index (χ1n) is 12.5. The van der Waals surface area contributed by atoms with Gasteiger partial charge in [0.15, 0.2) is 11.5 Å². The van der Waals surface area contributed by atoms with E-state index in [4.69, 9.17) is 42.1 Å². The molecule has 202 valence electrons. The minimum Gasteiger partial charge on any atom is -0.485 e. The van der Waals surface area contributed by atoms with Gasteiger partial charge in [-0.3, -0.25) is 0 Å². The summed E-state index contributed by atoms with van der Waals surface area (Å²) in [5.74, 6) is 0.476. The molecule has 0 amide bonds. The maximum absolute atomic E-state index is 13.1. The summed E-state index contributed by atoms with van der Waals surface area (Å²) in [5.41, 5.74) is 2.13. The number of ether oxygens (including phenoxy) is 4. The third-order valence-electron chi connectivity index (χ3n) is 5.55. The van der Waals surface area contributed by atoms with Crippen LogP contribution in [0.3, 0.4) is 0 Å². The summed E-state index contributed by atoms with van der Waals surface area (Å²) in [4.78, 5) is 13.1. The van der Waals surface area contributed by atoms with Gasteiger partial charge in [-0.2, -0.15) is 0 Å². The predicted octanol–water partition coefficient (Wildman–Crippen LogP) is 8.69. The first kappa shape index (κ1) is 28.3. The van der Waals surface area contributed by atoms with Crippen LogP contribution in [0.25, 0.3) is 0 Å². The van der Waals surface area contributed by atoms with Gasteiger partial charge < -0.3 is 18.9 Å². The maximum atomic E-state index is 13.1. The highest BCUT2D eigenvalue weighted by Gasteiger charge is 2.24. The van der Waals surface area contributed by atoms with Crippen molar-refractivity contribution in [3.05, 3.63) is 123 Å². The second-order valence-corrected chi connectivity index (χ2v) is 10.7. The fourth-order valence-corrected chi connectivity index (χ4v) is 4.18. The molecule has 0 fully saturated rings. The van der Waals surface area contributed by atoms with Crippen LogP contribution in [0.4, 0.5) is 0 Å². The van der Waals surface area contributed by atoms with E-state index in [0.29, 0.717) is 32.9 Å². The van der Waals surface area contributed by atoms with E-state index in [2.05, 4.69) is 0 Å². The molecular weight excluding hydrogens is 535 g/mol. The zero-order chi connectivity index (χ0) is 27.8. The number of benzene rings is 4. The lowest BCUT2D eigenvalue weighted by molar-refractivity contribution is 0.00684. The van der Waals surface area contributed by atoms with Gasteiger partial charge in [0, 0.05) is 15.6 Å². The van der Waals surface area contributed by atoms with Crippen molar-refractivity contribution in [3.8, 4) is 17.2 Å². The van der Waals surface area contributed by atoms with Gasteiger partial charge in [0.2, 0.25) is 5.75 Å². The zero-order valence-electron chi connectivity index (χ0n) is 22.1. The van der Waals surface area contributed by atoms with Gasteiger partial charge in [0.25, 0.3) is 0 Å². The summed E-state index contributed by atoms with van der Waals surface area (Å²) in [6.07, 6.45) is 0. The van der Waals surface area contributed by atoms with Crippen molar-refractivity contribution in [2.24, 2.45) is 0 Å². The molecule has 4 aromatic carbocycles. The molecule has 4 rings (SSSR count). The van der Waals surface area contributed by atoms with Gasteiger partial charge in [0.1, 0.15) is 25.4 Å². The van der Waals surface area contributed by atoms with Crippen LogP contribution in [-0.2, 0) is 24.6 Å². The second kappa shape index (κ2) is 12.9. The highest BCUT2D eigenvalue weighted by molar-refractivity contribution is 6.35. The van der Waals surface area contributed by atoms with Crippen LogP contribution < -0.4 is 14.2 Å². The molecule has 7 heteroatoms. The predicted molar refractivity (Wildman–Crippen MR) is 154 cm³/mol. The van der Waals surface area contributed by atoms with Crippen molar-refractivity contribution < 1.29 is 23.7 Å². The topological polar surface area (TPSA) is 54.0 Å². The SMILES string of the molecule is CC(C)(C)OC(=O)c1cc(OCc2ccccc2)c(OCc2c(Cl)cccc2Cl)c(OCc2ccccc2)c1. The molecular formula is C32H30Cl2O5. The normalized spacial score (nSPS) is 11.1. The molecule has 5 nitrogen and oxygen atoms in total. The van der Waals surface area contributed by atoms with E-state index in [1.165, 1.54) is 0 Å². The minimum absolute atomic E-state index is 0.0632. The summed E-state index contributed by atoms with van der Waals surface area (Å²) >= 11 is 12.8. The highest BCUT2D eigenvalue weighted by Crippen LogP contribution is 2.41. The van der Waals surface area contributed by atoms with Crippen LogP contribution in [0.1, 0.15) is 47.8 Å². The quantitative estimate of drug-likeness (QED) is 0.180. The molecule has 0 unspecified atom stereocenters. The van der Waals surface area contributed by atoms with Crippen molar-refractivity contribution in [2.75, 3.05) is 0 Å². The van der Waals surface area contributed by atoms with Crippen molar-refractivity contribution in [1.82, 2.24) is 0 Å². The van der Waals surface area contributed by atoms with Crippen LogP contribution in [-0.4, -0.2) is 11.6 Å². The fourth-order valence-electron chi connectivity index (χ4n) is 3.67. The first-order valence-corrected chi connectivity index (χ1v) is 13.3. The molecule has 0 aliphatic carbocycles. The lowest BCUT2D eigenvalue weighted by atomic mass is 10.1. The summed E-state index contributed by atoms with van der Waals surface area (Å²) < 4.78 is 24.3. The summed E-state index contributed by atoms with van der Waals surface area (Å²) in [6.45, 7) is 6.01. The molecule has 0 atom stereocenters. The number of rotatable bonds is 10. The second-order valence-electron chi connectivity index (χ2n) is 9.84. The Labute approximate surface area is 239 Å². The van der Waals surface area contributed by atoms with E-state index in [1.54, 1.807) is 30.3 Å². The van der Waals surface area contributed by atoms with E-state index in [9.17, 15) is 4.79 Å². The molecule has 0 bridgehead atoms. The standard InChI is InChI=1S/C32H30Cl2O5/c1-32(2,3)39-31(35)24-17-28(36-19-22-11-6-4-7-12-22)30(38-21-25-26(33)15-10-16-27(25)34)29(18-24)37-20-23-13-8-5-9-14-23/h4-18H,19-21H2,1-3H3. The summed E-state index contributed by atoms with van der Waals surface area (Å²) in [6, 6.07) is 27.9. The third-order valence-corrected chi connectivity index (χ3v) is 6.26. The maximum Gasteiger partial charge on any atom is 0.338 e. The smallest absolute Gasteiger partial charge is 0.338 e. The van der Waals surface area contributed by atoms with Crippen molar-refractivity contribution in [3.63, 3.8) is 0 Å². The number of esters is 1. The van der Waals surface area contributed by atoms with Gasteiger partial charge in [-0.25, -0.2) is 4.79 Å². The lowest BCUT2D eigenvalue weighted by Gasteiger charge is -2.22. The number of hydrogen-bond acceptors (Lipinski definition) is 5. The third kappa shape index (κ3) is 8.16. The Kier molecular flexibility index (Phi) is 9.39. The first-order chi connectivity index (χ1) is 18.7. The molecule has 0 aromatic heterocycles. The zero-order valence-corrected chi connectivity index (χ0v) is 23.6. The van der Waals surface area contributed by atoms with Gasteiger partial charge in [-0.15, -0.1) is 0 Å². The van der Waals surface area contributed by atoms with Crippen LogP contribution >= 0.6 is 23.2 Å². The van der Waals surface area contributed by atoms with Crippen LogP contribution in [0.15, 0.2) is 91.0 Å². The summed E-state index contributed by atoms with van der Waals surface area (Å²) in [7, 11) is 0.